The highest BCUT2D eigenvalue weighted by molar-refractivity contribution is 6.30. The van der Waals surface area contributed by atoms with Crippen molar-refractivity contribution in [1.29, 1.82) is 0 Å². The summed E-state index contributed by atoms with van der Waals surface area (Å²) in [5.41, 5.74) is 1.36. The molecular weight excluding hydrogens is 390 g/mol. The van der Waals surface area contributed by atoms with Gasteiger partial charge in [-0.15, -0.1) is 0 Å². The van der Waals surface area contributed by atoms with Crippen molar-refractivity contribution in [3.05, 3.63) is 71.4 Å². The van der Waals surface area contributed by atoms with Crippen LogP contribution in [0.3, 0.4) is 0 Å². The lowest BCUT2D eigenvalue weighted by Gasteiger charge is -2.38. The Balaban J connectivity index is 1.37. The number of nitrogens with one attached hydrogen (secondary N) is 2. The molecule has 29 heavy (non-hydrogen) atoms. The molecule has 0 aliphatic carbocycles. The quantitative estimate of drug-likeness (QED) is 0.648. The van der Waals surface area contributed by atoms with Crippen LogP contribution in [-0.4, -0.2) is 42.1 Å². The molecule has 1 aliphatic rings. The summed E-state index contributed by atoms with van der Waals surface area (Å²) in [6, 6.07) is 16.4. The Labute approximate surface area is 173 Å². The molecular formula is C21H20ClN5O2. The lowest BCUT2D eigenvalue weighted by molar-refractivity contribution is 0.0963. The molecule has 0 spiro atoms. The zero-order valence-corrected chi connectivity index (χ0v) is 16.6. The molecule has 2 aromatic carbocycles. The van der Waals surface area contributed by atoms with E-state index in [0.717, 1.165) is 11.4 Å². The van der Waals surface area contributed by atoms with Crippen LogP contribution in [0.25, 0.3) is 0 Å². The predicted molar refractivity (Wildman–Crippen MR) is 113 cm³/mol. The number of ether oxygens (including phenoxy) is 1. The molecule has 0 saturated carbocycles. The number of halogens is 1. The lowest BCUT2D eigenvalue weighted by atomic mass is 10.2. The molecule has 0 bridgehead atoms. The minimum Gasteiger partial charge on any atom is -0.487 e. The van der Waals surface area contributed by atoms with Gasteiger partial charge in [-0.1, -0.05) is 17.7 Å². The van der Waals surface area contributed by atoms with E-state index in [4.69, 9.17) is 16.3 Å². The molecule has 1 amide bonds. The topological polar surface area (TPSA) is 79.4 Å². The van der Waals surface area contributed by atoms with E-state index >= 15 is 0 Å². The van der Waals surface area contributed by atoms with Gasteiger partial charge in [-0.25, -0.2) is 4.98 Å². The molecule has 1 saturated heterocycles. The summed E-state index contributed by atoms with van der Waals surface area (Å²) in [5, 5.41) is 6.53. The first-order valence-corrected chi connectivity index (χ1v) is 9.58. The van der Waals surface area contributed by atoms with Gasteiger partial charge < -0.3 is 20.3 Å². The molecule has 1 aromatic heterocycles. The summed E-state index contributed by atoms with van der Waals surface area (Å²) in [6.45, 7) is 1.41. The van der Waals surface area contributed by atoms with Gasteiger partial charge in [0.1, 0.15) is 17.7 Å². The second-order valence-electron chi connectivity index (χ2n) is 6.63. The van der Waals surface area contributed by atoms with E-state index in [1.165, 1.54) is 0 Å². The molecule has 0 radical (unpaired) electrons. The standard InChI is InChI=1S/C21H20ClN5O2/c1-23-20(28)14-3-2-4-16(11-14)25-19-9-10-24-21(26-19)27-12-18(13-27)29-17-7-5-15(22)6-8-17/h2-11,18H,12-13H2,1H3,(H,23,28)(H,24,25,26). The van der Waals surface area contributed by atoms with Crippen LogP contribution in [-0.2, 0) is 0 Å². The van der Waals surface area contributed by atoms with Gasteiger partial charge in [0.15, 0.2) is 0 Å². The highest BCUT2D eigenvalue weighted by Crippen LogP contribution is 2.24. The molecule has 8 heteroatoms. The Morgan fingerprint density at radius 2 is 1.97 bits per heavy atom. The van der Waals surface area contributed by atoms with Gasteiger partial charge in [0.25, 0.3) is 5.91 Å². The number of nitrogens with zero attached hydrogens (tertiary/aromatic N) is 3. The number of carbonyl (C=O) groups excluding carboxylic acids is 1. The largest absolute Gasteiger partial charge is 0.487 e. The third-order valence-corrected chi connectivity index (χ3v) is 4.77. The highest BCUT2D eigenvalue weighted by atomic mass is 35.5. The number of benzene rings is 2. The maximum atomic E-state index is 11.8. The van der Waals surface area contributed by atoms with Gasteiger partial charge in [0.05, 0.1) is 13.1 Å². The third kappa shape index (κ3) is 4.57. The Hall–Kier alpha value is -3.32. The fourth-order valence-electron chi connectivity index (χ4n) is 2.98. The number of hydrogen-bond donors (Lipinski definition) is 2. The van der Waals surface area contributed by atoms with Crippen molar-refractivity contribution in [2.24, 2.45) is 0 Å². The van der Waals surface area contributed by atoms with Gasteiger partial charge in [0.2, 0.25) is 5.95 Å². The van der Waals surface area contributed by atoms with Crippen LogP contribution in [0.2, 0.25) is 5.02 Å². The monoisotopic (exact) mass is 409 g/mol. The van der Waals surface area contributed by atoms with Crippen LogP contribution in [0, 0.1) is 0 Å². The predicted octanol–water partition coefficient (Wildman–Crippen LogP) is 3.50. The number of anilines is 3. The van der Waals surface area contributed by atoms with E-state index < -0.39 is 0 Å². The number of aromatic nitrogens is 2. The number of carbonyl (C=O) groups is 1. The molecule has 1 fully saturated rings. The van der Waals surface area contributed by atoms with E-state index in [-0.39, 0.29) is 12.0 Å². The Kier molecular flexibility index (Phi) is 5.48. The molecule has 1 aliphatic heterocycles. The van der Waals surface area contributed by atoms with Gasteiger partial charge >= 0.3 is 0 Å². The summed E-state index contributed by atoms with van der Waals surface area (Å²) in [7, 11) is 1.61. The smallest absolute Gasteiger partial charge is 0.251 e. The summed E-state index contributed by atoms with van der Waals surface area (Å²) >= 11 is 5.90. The van der Waals surface area contributed by atoms with Crippen molar-refractivity contribution in [2.45, 2.75) is 6.10 Å². The second kappa shape index (κ2) is 8.36. The van der Waals surface area contributed by atoms with Gasteiger partial charge in [-0.05, 0) is 48.5 Å². The minimum absolute atomic E-state index is 0.0839. The van der Waals surface area contributed by atoms with Crippen LogP contribution in [0.4, 0.5) is 17.5 Å². The molecule has 0 atom stereocenters. The van der Waals surface area contributed by atoms with Crippen molar-refractivity contribution < 1.29 is 9.53 Å². The molecule has 2 N–H and O–H groups in total. The molecule has 7 nitrogen and oxygen atoms in total. The first kappa shape index (κ1) is 19.0. The van der Waals surface area contributed by atoms with E-state index in [1.54, 1.807) is 31.4 Å². The van der Waals surface area contributed by atoms with Gasteiger partial charge in [0, 0.05) is 29.5 Å². The highest BCUT2D eigenvalue weighted by Gasteiger charge is 2.30. The van der Waals surface area contributed by atoms with E-state index in [0.29, 0.717) is 35.4 Å². The minimum atomic E-state index is -0.135. The van der Waals surface area contributed by atoms with Crippen molar-refractivity contribution in [1.82, 2.24) is 15.3 Å². The summed E-state index contributed by atoms with van der Waals surface area (Å²) in [5.74, 6) is 1.95. The Morgan fingerprint density at radius 3 is 2.72 bits per heavy atom. The Morgan fingerprint density at radius 1 is 1.17 bits per heavy atom. The fraction of sp³-hybridized carbons (Fsp3) is 0.190. The van der Waals surface area contributed by atoms with Crippen LogP contribution in [0.5, 0.6) is 5.75 Å². The number of rotatable bonds is 6. The first-order valence-electron chi connectivity index (χ1n) is 9.20. The fourth-order valence-corrected chi connectivity index (χ4v) is 3.11. The zero-order valence-electron chi connectivity index (χ0n) is 15.8. The summed E-state index contributed by atoms with van der Waals surface area (Å²) in [4.78, 5) is 22.8. The van der Waals surface area contributed by atoms with Crippen molar-refractivity contribution in [3.8, 4) is 5.75 Å². The van der Waals surface area contributed by atoms with Crippen molar-refractivity contribution in [2.75, 3.05) is 30.4 Å². The maximum absolute atomic E-state index is 11.8. The van der Waals surface area contributed by atoms with Crippen molar-refractivity contribution >= 4 is 35.0 Å². The molecule has 0 unspecified atom stereocenters. The van der Waals surface area contributed by atoms with Gasteiger partial charge in [-0.2, -0.15) is 4.98 Å². The number of hydrogen-bond acceptors (Lipinski definition) is 6. The summed E-state index contributed by atoms with van der Waals surface area (Å²) < 4.78 is 5.92. The average molecular weight is 410 g/mol. The molecule has 148 valence electrons. The SMILES string of the molecule is CNC(=O)c1cccc(Nc2ccnc(N3CC(Oc4ccc(Cl)cc4)C3)n2)c1. The van der Waals surface area contributed by atoms with E-state index in [9.17, 15) is 4.79 Å². The normalized spacial score (nSPS) is 13.5. The van der Waals surface area contributed by atoms with E-state index in [1.807, 2.05) is 41.3 Å². The van der Waals surface area contributed by atoms with Crippen LogP contribution in [0.1, 0.15) is 10.4 Å². The van der Waals surface area contributed by atoms with Crippen LogP contribution in [0.15, 0.2) is 60.8 Å². The third-order valence-electron chi connectivity index (χ3n) is 4.51. The molecule has 2 heterocycles. The zero-order chi connectivity index (χ0) is 20.2. The molecule has 3 aromatic rings. The lowest BCUT2D eigenvalue weighted by Crippen LogP contribution is -2.54. The Bertz CT molecular complexity index is 1010. The molecule has 4 rings (SSSR count). The average Bonchev–Trinajstić information content (AvgIpc) is 2.71. The second-order valence-corrected chi connectivity index (χ2v) is 7.06. The number of amides is 1. The summed E-state index contributed by atoms with van der Waals surface area (Å²) in [6.07, 6.45) is 1.79. The first-order chi connectivity index (χ1) is 14.1. The van der Waals surface area contributed by atoms with Crippen molar-refractivity contribution in [3.63, 3.8) is 0 Å². The van der Waals surface area contributed by atoms with Crippen LogP contribution < -0.4 is 20.3 Å². The maximum Gasteiger partial charge on any atom is 0.251 e. The van der Waals surface area contributed by atoms with Gasteiger partial charge in [-0.3, -0.25) is 4.79 Å². The van der Waals surface area contributed by atoms with Crippen LogP contribution >= 0.6 is 11.6 Å². The van der Waals surface area contributed by atoms with E-state index in [2.05, 4.69) is 20.6 Å².